The average Bonchev–Trinajstić information content (AvgIpc) is 2.66. The smallest absolute Gasteiger partial charge is 0.254 e. The molecule has 0 unspecified atom stereocenters. The van der Waals surface area contributed by atoms with E-state index in [1.165, 1.54) is 11.0 Å². The third-order valence-corrected chi connectivity index (χ3v) is 5.27. The van der Waals surface area contributed by atoms with Crippen molar-refractivity contribution in [3.8, 4) is 5.75 Å². The maximum Gasteiger partial charge on any atom is 0.254 e. The Morgan fingerprint density at radius 3 is 2.62 bits per heavy atom. The summed E-state index contributed by atoms with van der Waals surface area (Å²) in [5.41, 5.74) is 3.36. The first kappa shape index (κ1) is 18.2. The van der Waals surface area contributed by atoms with Gasteiger partial charge in [0, 0.05) is 35.9 Å². The number of hydrogen-bond donors (Lipinski definition) is 1. The number of phenolic OH excluding ortho intramolecular Hbond substituents is 1. The van der Waals surface area contributed by atoms with E-state index in [0.717, 1.165) is 15.6 Å². The van der Waals surface area contributed by atoms with Crippen molar-refractivity contribution in [2.24, 2.45) is 0 Å². The largest absolute Gasteiger partial charge is 0.508 e. The lowest BCUT2D eigenvalue weighted by molar-refractivity contribution is -0.113. The van der Waals surface area contributed by atoms with E-state index >= 15 is 0 Å². The molecule has 0 saturated carbocycles. The number of likely N-dealkylation sites (N-methyl/N-ethyl adjacent to an activating group) is 1. The minimum Gasteiger partial charge on any atom is -0.508 e. The third kappa shape index (κ3) is 3.51. The molecule has 134 valence electrons. The predicted octanol–water partition coefficient (Wildman–Crippen LogP) is 3.50. The fraction of sp³-hybridized carbons (Fsp3) is 0.200. The number of anilines is 1. The van der Waals surface area contributed by atoms with Gasteiger partial charge >= 0.3 is 0 Å². The Labute approximate surface area is 160 Å². The zero-order valence-electron chi connectivity index (χ0n) is 14.4. The fourth-order valence-electron chi connectivity index (χ4n) is 3.05. The van der Waals surface area contributed by atoms with Crippen LogP contribution in [0.25, 0.3) is 0 Å². The van der Waals surface area contributed by atoms with Crippen molar-refractivity contribution in [1.29, 1.82) is 0 Å². The van der Waals surface area contributed by atoms with Crippen molar-refractivity contribution in [2.75, 3.05) is 18.5 Å². The van der Waals surface area contributed by atoms with Crippen molar-refractivity contribution in [3.05, 3.63) is 70.2 Å². The monoisotopic (exact) mass is 414 g/mol. The van der Waals surface area contributed by atoms with E-state index in [9.17, 15) is 14.7 Å². The number of nitrogens with zero attached hydrogens (tertiary/aromatic N) is 2. The van der Waals surface area contributed by atoms with Crippen LogP contribution in [0.4, 0.5) is 5.69 Å². The Balaban J connectivity index is 1.78. The van der Waals surface area contributed by atoms with Crippen molar-refractivity contribution in [1.82, 2.24) is 4.90 Å². The van der Waals surface area contributed by atoms with Crippen LogP contribution >= 0.6 is 15.9 Å². The Kier molecular flexibility index (Phi) is 5.13. The summed E-state index contributed by atoms with van der Waals surface area (Å²) in [6, 6.07) is 10.4. The van der Waals surface area contributed by atoms with Gasteiger partial charge in [-0.15, -0.1) is 0 Å². The molecule has 2 aromatic rings. The fourth-order valence-corrected chi connectivity index (χ4v) is 3.67. The topological polar surface area (TPSA) is 60.9 Å². The molecule has 3 rings (SSSR count). The number of phenols is 1. The second-order valence-electron chi connectivity index (χ2n) is 6.19. The number of carbonyl (C=O) groups excluding carboxylic acids is 2. The van der Waals surface area contributed by atoms with Gasteiger partial charge in [0.05, 0.1) is 0 Å². The van der Waals surface area contributed by atoms with Gasteiger partial charge in [-0.1, -0.05) is 22.5 Å². The molecule has 2 aromatic carbocycles. The molecular formula is C20H19BrN2O3. The minimum absolute atomic E-state index is 0.0557. The van der Waals surface area contributed by atoms with Crippen LogP contribution in [0, 0.1) is 0 Å². The second kappa shape index (κ2) is 7.33. The summed E-state index contributed by atoms with van der Waals surface area (Å²) in [7, 11) is 1.66. The summed E-state index contributed by atoms with van der Waals surface area (Å²) in [4.78, 5) is 27.7. The van der Waals surface area contributed by atoms with Crippen molar-refractivity contribution < 1.29 is 14.7 Å². The van der Waals surface area contributed by atoms with E-state index in [0.29, 0.717) is 30.8 Å². The van der Waals surface area contributed by atoms with Gasteiger partial charge in [0.2, 0.25) is 5.91 Å². The Bertz CT molecular complexity index is 877. The van der Waals surface area contributed by atoms with Crippen LogP contribution in [-0.2, 0) is 17.8 Å². The second-order valence-corrected chi connectivity index (χ2v) is 7.04. The summed E-state index contributed by atoms with van der Waals surface area (Å²) < 4.78 is 0.810. The highest BCUT2D eigenvalue weighted by Crippen LogP contribution is 2.31. The maximum atomic E-state index is 12.8. The highest BCUT2D eigenvalue weighted by molar-refractivity contribution is 9.10. The molecule has 0 radical (unpaired) electrons. The summed E-state index contributed by atoms with van der Waals surface area (Å²) in [5, 5.41) is 9.71. The van der Waals surface area contributed by atoms with Crippen LogP contribution in [0.2, 0.25) is 0 Å². The lowest BCUT2D eigenvalue weighted by Crippen LogP contribution is -2.36. The van der Waals surface area contributed by atoms with Crippen LogP contribution in [0.15, 0.2) is 53.5 Å². The van der Waals surface area contributed by atoms with Gasteiger partial charge in [-0.3, -0.25) is 9.59 Å². The number of rotatable bonds is 3. The van der Waals surface area contributed by atoms with Gasteiger partial charge in [-0.25, -0.2) is 0 Å². The third-order valence-electron chi connectivity index (χ3n) is 4.57. The molecule has 0 aliphatic carbocycles. The first-order valence-corrected chi connectivity index (χ1v) is 8.99. The van der Waals surface area contributed by atoms with Gasteiger partial charge in [0.15, 0.2) is 0 Å². The number of halogens is 1. The molecule has 0 aromatic heterocycles. The van der Waals surface area contributed by atoms with Crippen LogP contribution in [0.3, 0.4) is 0 Å². The molecule has 0 atom stereocenters. The molecule has 1 N–H and O–H groups in total. The van der Waals surface area contributed by atoms with E-state index in [4.69, 9.17) is 0 Å². The summed E-state index contributed by atoms with van der Waals surface area (Å²) in [6.07, 6.45) is 1.95. The summed E-state index contributed by atoms with van der Waals surface area (Å²) in [5.74, 6) is -0.0335. The molecule has 1 aliphatic rings. The zero-order chi connectivity index (χ0) is 18.8. The molecule has 1 aliphatic heterocycles. The minimum atomic E-state index is -0.204. The van der Waals surface area contributed by atoms with E-state index in [2.05, 4.69) is 22.5 Å². The molecular weight excluding hydrogens is 396 g/mol. The molecule has 0 saturated heterocycles. The predicted molar refractivity (Wildman–Crippen MR) is 104 cm³/mol. The van der Waals surface area contributed by atoms with Crippen molar-refractivity contribution in [2.45, 2.75) is 13.0 Å². The zero-order valence-corrected chi connectivity index (χ0v) is 16.0. The lowest BCUT2D eigenvalue weighted by Gasteiger charge is -2.30. The lowest BCUT2D eigenvalue weighted by atomic mass is 9.98. The molecule has 5 nitrogen and oxygen atoms in total. The number of carbonyl (C=O) groups is 2. The summed E-state index contributed by atoms with van der Waals surface area (Å²) >= 11 is 3.47. The first-order chi connectivity index (χ1) is 12.4. The van der Waals surface area contributed by atoms with Crippen LogP contribution < -0.4 is 4.90 Å². The average molecular weight is 415 g/mol. The van der Waals surface area contributed by atoms with E-state index in [-0.39, 0.29) is 17.6 Å². The van der Waals surface area contributed by atoms with Crippen molar-refractivity contribution >= 4 is 33.4 Å². The SMILES string of the molecule is C=CC(=O)N(C)c1ccc(C(=O)N2CCc3cc(O)cc(Br)c3C2)cc1. The van der Waals surface area contributed by atoms with Gasteiger partial charge in [-0.05, 0) is 60.0 Å². The first-order valence-electron chi connectivity index (χ1n) is 8.20. The quantitative estimate of drug-likeness (QED) is 0.781. The Morgan fingerprint density at radius 1 is 1.27 bits per heavy atom. The molecule has 0 fully saturated rings. The number of benzene rings is 2. The molecule has 1 heterocycles. The van der Waals surface area contributed by atoms with Gasteiger partial charge in [-0.2, -0.15) is 0 Å². The molecule has 0 spiro atoms. The highest BCUT2D eigenvalue weighted by Gasteiger charge is 2.24. The van der Waals surface area contributed by atoms with Crippen LogP contribution in [0.1, 0.15) is 21.5 Å². The van der Waals surface area contributed by atoms with Gasteiger partial charge in [0.1, 0.15) is 5.75 Å². The van der Waals surface area contributed by atoms with Crippen LogP contribution in [0.5, 0.6) is 5.75 Å². The number of fused-ring (bicyclic) bond motifs is 1. The summed E-state index contributed by atoms with van der Waals surface area (Å²) in [6.45, 7) is 4.56. The molecule has 0 bridgehead atoms. The number of aromatic hydroxyl groups is 1. The number of amides is 2. The maximum absolute atomic E-state index is 12.8. The Hall–Kier alpha value is -2.60. The van der Waals surface area contributed by atoms with E-state index in [1.54, 1.807) is 48.3 Å². The molecule has 2 amide bonds. The standard InChI is InChI=1S/C20H19BrN2O3/c1-3-19(25)22(2)15-6-4-13(5-7-15)20(26)23-9-8-14-10-16(24)11-18(21)17(14)12-23/h3-7,10-11,24H,1,8-9,12H2,2H3. The number of hydrogen-bond acceptors (Lipinski definition) is 3. The van der Waals surface area contributed by atoms with Crippen LogP contribution in [-0.4, -0.2) is 35.4 Å². The van der Waals surface area contributed by atoms with Crippen molar-refractivity contribution in [3.63, 3.8) is 0 Å². The van der Waals surface area contributed by atoms with Gasteiger partial charge < -0.3 is 14.9 Å². The molecule has 26 heavy (non-hydrogen) atoms. The Morgan fingerprint density at radius 2 is 1.96 bits per heavy atom. The van der Waals surface area contributed by atoms with E-state index in [1.807, 2.05) is 0 Å². The normalized spacial score (nSPS) is 13.1. The highest BCUT2D eigenvalue weighted by atomic mass is 79.9. The van der Waals surface area contributed by atoms with Gasteiger partial charge in [0.25, 0.3) is 5.91 Å². The van der Waals surface area contributed by atoms with E-state index < -0.39 is 0 Å². The molecule has 6 heteroatoms.